The summed E-state index contributed by atoms with van der Waals surface area (Å²) in [4.78, 5) is 27.0. The molecule has 1 saturated heterocycles. The number of esters is 1. The van der Waals surface area contributed by atoms with E-state index in [4.69, 9.17) is 27.9 Å². The Morgan fingerprint density at radius 3 is 2.62 bits per heavy atom. The van der Waals surface area contributed by atoms with E-state index in [1.165, 1.54) is 13.2 Å². The van der Waals surface area contributed by atoms with Crippen molar-refractivity contribution in [1.29, 1.82) is 0 Å². The van der Waals surface area contributed by atoms with Gasteiger partial charge in [-0.1, -0.05) is 60.7 Å². The van der Waals surface area contributed by atoms with Gasteiger partial charge in [-0.25, -0.2) is 4.39 Å². The summed E-state index contributed by atoms with van der Waals surface area (Å²) in [7, 11) is 1.30. The average molecular weight is 477 g/mol. The van der Waals surface area contributed by atoms with Crippen molar-refractivity contribution < 1.29 is 18.7 Å². The highest BCUT2D eigenvalue weighted by Crippen LogP contribution is 2.62. The molecule has 2 heterocycles. The highest BCUT2D eigenvalue weighted by Gasteiger charge is 2.72. The topological polar surface area (TPSA) is 67.4 Å². The van der Waals surface area contributed by atoms with Crippen molar-refractivity contribution in [3.63, 3.8) is 0 Å². The molecule has 5 nitrogen and oxygen atoms in total. The minimum Gasteiger partial charge on any atom is -0.468 e. The van der Waals surface area contributed by atoms with E-state index in [2.05, 4.69) is 10.6 Å². The molecule has 2 aromatic carbocycles. The Kier molecular flexibility index (Phi) is 5.23. The number of hydrogen-bond acceptors (Lipinski definition) is 4. The summed E-state index contributed by atoms with van der Waals surface area (Å²) < 4.78 is 20.6. The number of carbonyl (C=O) groups excluding carboxylic acids is 2. The summed E-state index contributed by atoms with van der Waals surface area (Å²) in [5.74, 6) is -2.28. The Morgan fingerprint density at radius 2 is 1.91 bits per heavy atom. The SMILES string of the molecule is COC(=O)[C@@H]1NC2(CCCCC2)[C@]2(C(=O)Nc3cc(Cl)ccc32)[C@H]1c1cccc(Cl)c1F. The smallest absolute Gasteiger partial charge is 0.323 e. The first-order valence-electron chi connectivity index (χ1n) is 10.8. The molecule has 8 heteroatoms. The van der Waals surface area contributed by atoms with Gasteiger partial charge in [0, 0.05) is 22.2 Å². The van der Waals surface area contributed by atoms with Gasteiger partial charge in [-0.3, -0.25) is 14.9 Å². The van der Waals surface area contributed by atoms with Crippen molar-refractivity contribution in [1.82, 2.24) is 5.32 Å². The third kappa shape index (κ3) is 2.79. The Labute approximate surface area is 195 Å². The monoisotopic (exact) mass is 476 g/mol. The van der Waals surface area contributed by atoms with Crippen LogP contribution < -0.4 is 10.6 Å². The Morgan fingerprint density at radius 1 is 1.16 bits per heavy atom. The molecule has 1 amide bonds. The van der Waals surface area contributed by atoms with Gasteiger partial charge in [0.25, 0.3) is 0 Å². The maximum absolute atomic E-state index is 15.5. The van der Waals surface area contributed by atoms with E-state index in [0.717, 1.165) is 24.8 Å². The lowest BCUT2D eigenvalue weighted by atomic mass is 9.55. The lowest BCUT2D eigenvalue weighted by Crippen LogP contribution is -2.60. The molecule has 2 N–H and O–H groups in total. The molecule has 1 aliphatic carbocycles. The maximum atomic E-state index is 15.5. The zero-order valence-corrected chi connectivity index (χ0v) is 19.0. The predicted molar refractivity (Wildman–Crippen MR) is 121 cm³/mol. The van der Waals surface area contributed by atoms with Crippen LogP contribution >= 0.6 is 23.2 Å². The standard InChI is InChI=1S/C24H23Cl2FN2O3/c1-32-21(30)20-18(14-6-5-7-16(26)19(14)27)24(23(29-20)10-3-2-4-11-23)15-9-8-13(25)12-17(15)28-22(24)31/h5-9,12,18,20,29H,2-4,10-11H2,1H3,(H,28,31)/t18-,20+,24-/m0/s1. The van der Waals surface area contributed by atoms with Crippen LogP contribution in [0.4, 0.5) is 10.1 Å². The summed E-state index contributed by atoms with van der Waals surface area (Å²) >= 11 is 12.4. The van der Waals surface area contributed by atoms with E-state index in [-0.39, 0.29) is 16.5 Å². The molecule has 5 rings (SSSR count). The van der Waals surface area contributed by atoms with E-state index in [0.29, 0.717) is 23.6 Å². The molecule has 168 valence electrons. The molecule has 2 spiro atoms. The number of halogens is 3. The second-order valence-corrected chi connectivity index (χ2v) is 9.70. The lowest BCUT2D eigenvalue weighted by Gasteiger charge is -2.47. The summed E-state index contributed by atoms with van der Waals surface area (Å²) in [5.41, 5.74) is -0.435. The van der Waals surface area contributed by atoms with E-state index in [1.54, 1.807) is 24.3 Å². The van der Waals surface area contributed by atoms with Gasteiger partial charge in [0.15, 0.2) is 0 Å². The van der Waals surface area contributed by atoms with Gasteiger partial charge in [-0.15, -0.1) is 0 Å². The molecule has 0 aromatic heterocycles. The Bertz CT molecular complexity index is 1120. The van der Waals surface area contributed by atoms with Gasteiger partial charge in [0.2, 0.25) is 5.91 Å². The summed E-state index contributed by atoms with van der Waals surface area (Å²) in [6.45, 7) is 0. The van der Waals surface area contributed by atoms with Gasteiger partial charge in [-0.05, 0) is 42.2 Å². The third-order valence-electron chi connectivity index (χ3n) is 7.48. The van der Waals surface area contributed by atoms with Crippen LogP contribution in [0, 0.1) is 5.82 Å². The van der Waals surface area contributed by atoms with Crippen LogP contribution in [0.25, 0.3) is 0 Å². The summed E-state index contributed by atoms with van der Waals surface area (Å²) in [5, 5.41) is 6.91. The second-order valence-electron chi connectivity index (χ2n) is 8.86. The highest BCUT2D eigenvalue weighted by atomic mass is 35.5. The van der Waals surface area contributed by atoms with Gasteiger partial charge in [0.05, 0.1) is 12.1 Å². The minimum atomic E-state index is -1.22. The first-order chi connectivity index (χ1) is 15.4. The molecule has 3 aliphatic rings. The van der Waals surface area contributed by atoms with Crippen molar-refractivity contribution in [2.75, 3.05) is 12.4 Å². The first-order valence-corrected chi connectivity index (χ1v) is 11.5. The van der Waals surface area contributed by atoms with Crippen LogP contribution in [-0.2, 0) is 19.7 Å². The highest BCUT2D eigenvalue weighted by molar-refractivity contribution is 6.31. The molecule has 0 bridgehead atoms. The largest absolute Gasteiger partial charge is 0.468 e. The molecule has 2 fully saturated rings. The van der Waals surface area contributed by atoms with Crippen molar-refractivity contribution in [2.24, 2.45) is 0 Å². The molecule has 2 aliphatic heterocycles. The van der Waals surface area contributed by atoms with Crippen molar-refractivity contribution in [3.05, 3.63) is 63.4 Å². The van der Waals surface area contributed by atoms with Gasteiger partial charge in [0.1, 0.15) is 17.3 Å². The molecule has 1 saturated carbocycles. The number of fused-ring (bicyclic) bond motifs is 3. The van der Waals surface area contributed by atoms with Crippen LogP contribution in [-0.4, -0.2) is 30.6 Å². The van der Waals surface area contributed by atoms with Crippen molar-refractivity contribution in [3.8, 4) is 0 Å². The van der Waals surface area contributed by atoms with Crippen LogP contribution in [0.2, 0.25) is 10.0 Å². The van der Waals surface area contributed by atoms with Crippen LogP contribution in [0.15, 0.2) is 36.4 Å². The van der Waals surface area contributed by atoms with Crippen LogP contribution in [0.1, 0.15) is 49.1 Å². The fraction of sp³-hybridized carbons (Fsp3) is 0.417. The number of anilines is 1. The molecule has 2 aromatic rings. The molecular formula is C24H23Cl2FN2O3. The lowest BCUT2D eigenvalue weighted by molar-refractivity contribution is -0.143. The minimum absolute atomic E-state index is 0.0550. The van der Waals surface area contributed by atoms with E-state index >= 15 is 4.39 Å². The zero-order chi connectivity index (χ0) is 22.7. The Balaban J connectivity index is 1.85. The quantitative estimate of drug-likeness (QED) is 0.601. The molecule has 0 unspecified atom stereocenters. The fourth-order valence-electron chi connectivity index (χ4n) is 6.32. The van der Waals surface area contributed by atoms with E-state index in [1.807, 2.05) is 6.07 Å². The molecule has 3 atom stereocenters. The van der Waals surface area contributed by atoms with Crippen molar-refractivity contribution in [2.45, 2.75) is 55.0 Å². The molecule has 0 radical (unpaired) electrons. The van der Waals surface area contributed by atoms with Crippen molar-refractivity contribution >= 4 is 40.8 Å². The number of ether oxygens (including phenoxy) is 1. The number of nitrogens with one attached hydrogen (secondary N) is 2. The zero-order valence-electron chi connectivity index (χ0n) is 17.5. The summed E-state index contributed by atoms with van der Waals surface area (Å²) in [6, 6.07) is 9.05. The first kappa shape index (κ1) is 21.7. The number of carbonyl (C=O) groups is 2. The fourth-order valence-corrected chi connectivity index (χ4v) is 6.68. The predicted octanol–water partition coefficient (Wildman–Crippen LogP) is 4.95. The number of methoxy groups -OCH3 is 1. The van der Waals surface area contributed by atoms with Crippen LogP contribution in [0.5, 0.6) is 0 Å². The van der Waals surface area contributed by atoms with Gasteiger partial charge in [-0.2, -0.15) is 0 Å². The summed E-state index contributed by atoms with van der Waals surface area (Å²) in [6.07, 6.45) is 4.17. The van der Waals surface area contributed by atoms with Crippen LogP contribution in [0.3, 0.4) is 0 Å². The average Bonchev–Trinajstić information content (AvgIpc) is 3.23. The number of amides is 1. The number of hydrogen-bond donors (Lipinski definition) is 2. The molecular weight excluding hydrogens is 454 g/mol. The number of rotatable bonds is 2. The third-order valence-corrected chi connectivity index (χ3v) is 8.01. The van der Waals surface area contributed by atoms with Gasteiger partial charge < -0.3 is 10.1 Å². The maximum Gasteiger partial charge on any atom is 0.323 e. The normalized spacial score (nSPS) is 28.1. The molecule has 32 heavy (non-hydrogen) atoms. The van der Waals surface area contributed by atoms with Gasteiger partial charge >= 0.3 is 5.97 Å². The van der Waals surface area contributed by atoms with E-state index in [9.17, 15) is 9.59 Å². The van der Waals surface area contributed by atoms with E-state index < -0.39 is 34.7 Å². The number of benzene rings is 2. The second kappa shape index (κ2) is 7.72. The Hall–Kier alpha value is -2.15.